The van der Waals surface area contributed by atoms with Crippen molar-refractivity contribution in [1.82, 2.24) is 4.90 Å². The molecule has 88 valence electrons. The van der Waals surface area contributed by atoms with E-state index in [1.165, 1.54) is 6.21 Å². The third kappa shape index (κ3) is 2.92. The van der Waals surface area contributed by atoms with Crippen LogP contribution < -0.4 is 0 Å². The van der Waals surface area contributed by atoms with Crippen molar-refractivity contribution in [2.45, 2.75) is 19.8 Å². The number of aliphatic imine (C=N–C) groups is 2. The Bertz CT molecular complexity index is 327. The summed E-state index contributed by atoms with van der Waals surface area (Å²) in [6, 6.07) is 0.202. The Morgan fingerprint density at radius 1 is 1.50 bits per heavy atom. The quantitative estimate of drug-likeness (QED) is 0.349. The van der Waals surface area contributed by atoms with E-state index < -0.39 is 0 Å². The van der Waals surface area contributed by atoms with E-state index in [1.807, 2.05) is 6.92 Å². The number of allylic oxidation sites excluding steroid dienone is 1. The van der Waals surface area contributed by atoms with Crippen LogP contribution >= 0.6 is 11.6 Å². The summed E-state index contributed by atoms with van der Waals surface area (Å²) in [5.41, 5.74) is 1.42. The zero-order valence-electron chi connectivity index (χ0n) is 9.54. The molecule has 0 aliphatic carbocycles. The first-order valence-electron chi connectivity index (χ1n) is 5.28. The smallest absolute Gasteiger partial charge is 0.135 e. The number of halogens is 1. The fourth-order valence-corrected chi connectivity index (χ4v) is 1.87. The van der Waals surface area contributed by atoms with Crippen molar-refractivity contribution in [3.05, 3.63) is 11.3 Å². The van der Waals surface area contributed by atoms with Gasteiger partial charge in [-0.3, -0.25) is 9.98 Å². The van der Waals surface area contributed by atoms with Crippen LogP contribution in [0.5, 0.6) is 0 Å². The number of nitrogens with zero attached hydrogens (tertiary/aromatic N) is 3. The van der Waals surface area contributed by atoms with E-state index in [2.05, 4.69) is 21.6 Å². The Hall–Kier alpha value is -1.16. The molecule has 4 nitrogen and oxygen atoms in total. The Labute approximate surface area is 101 Å². The molecule has 0 aromatic carbocycles. The van der Waals surface area contributed by atoms with Crippen LogP contribution in [0.2, 0.25) is 0 Å². The summed E-state index contributed by atoms with van der Waals surface area (Å²) in [6.07, 6.45) is 3.59. The Kier molecular flexibility index (Phi) is 5.19. The summed E-state index contributed by atoms with van der Waals surface area (Å²) >= 11 is 5.67. The minimum atomic E-state index is 0.202. The minimum absolute atomic E-state index is 0.202. The molecule has 0 saturated carbocycles. The Morgan fingerprint density at radius 3 is 2.56 bits per heavy atom. The first-order valence-corrected chi connectivity index (χ1v) is 5.81. The van der Waals surface area contributed by atoms with Gasteiger partial charge in [-0.15, -0.1) is 11.6 Å². The molecule has 1 heterocycles. The van der Waals surface area contributed by atoms with Crippen LogP contribution in [0.3, 0.4) is 0 Å². The maximum absolute atomic E-state index is 7.45. The van der Waals surface area contributed by atoms with Crippen LogP contribution in [-0.4, -0.2) is 42.8 Å². The molecule has 0 radical (unpaired) electrons. The highest BCUT2D eigenvalue weighted by Gasteiger charge is 2.19. The summed E-state index contributed by atoms with van der Waals surface area (Å²) < 4.78 is 0. The highest BCUT2D eigenvalue weighted by molar-refractivity contribution is 6.20. The van der Waals surface area contributed by atoms with Crippen LogP contribution in [0.15, 0.2) is 21.3 Å². The van der Waals surface area contributed by atoms with E-state index in [-0.39, 0.29) is 6.00 Å². The van der Waals surface area contributed by atoms with E-state index in [4.69, 9.17) is 17.0 Å². The topological polar surface area (TPSA) is 51.8 Å². The lowest BCUT2D eigenvalue weighted by Gasteiger charge is -2.21. The number of rotatable bonds is 4. The van der Waals surface area contributed by atoms with Crippen molar-refractivity contribution in [1.29, 1.82) is 5.41 Å². The second-order valence-electron chi connectivity index (χ2n) is 3.60. The van der Waals surface area contributed by atoms with E-state index in [1.54, 1.807) is 0 Å². The van der Waals surface area contributed by atoms with Crippen molar-refractivity contribution in [2.24, 2.45) is 9.98 Å². The van der Waals surface area contributed by atoms with Gasteiger partial charge in [0.05, 0.1) is 5.57 Å². The summed E-state index contributed by atoms with van der Waals surface area (Å²) in [7, 11) is 0. The molecule has 0 aromatic rings. The number of hydrogen-bond donors (Lipinski definition) is 1. The minimum Gasteiger partial charge on any atom is -0.356 e. The fourth-order valence-electron chi connectivity index (χ4n) is 1.76. The lowest BCUT2D eigenvalue weighted by molar-refractivity contribution is 0.519. The third-order valence-electron chi connectivity index (χ3n) is 2.63. The van der Waals surface area contributed by atoms with E-state index in [9.17, 15) is 0 Å². The van der Waals surface area contributed by atoms with Crippen molar-refractivity contribution >= 4 is 30.4 Å². The molecule has 1 fully saturated rings. The third-order valence-corrected chi connectivity index (χ3v) is 2.75. The van der Waals surface area contributed by atoms with Gasteiger partial charge >= 0.3 is 0 Å². The van der Waals surface area contributed by atoms with E-state index >= 15 is 0 Å². The maximum atomic E-state index is 7.45. The van der Waals surface area contributed by atoms with Crippen LogP contribution in [0.25, 0.3) is 0 Å². The first-order chi connectivity index (χ1) is 7.74. The average molecular weight is 241 g/mol. The number of hydrogen-bond acceptors (Lipinski definition) is 3. The predicted molar refractivity (Wildman–Crippen MR) is 70.0 cm³/mol. The molecule has 1 aliphatic rings. The van der Waals surface area contributed by atoms with Crippen molar-refractivity contribution < 1.29 is 0 Å². The maximum Gasteiger partial charge on any atom is 0.135 e. The summed E-state index contributed by atoms with van der Waals surface area (Å²) in [4.78, 5) is 10.3. The van der Waals surface area contributed by atoms with Crippen LogP contribution in [0, 0.1) is 5.41 Å². The van der Waals surface area contributed by atoms with Gasteiger partial charge < -0.3 is 10.3 Å². The standard InChI is InChI=1S/C11H17ClN4/c1-9(14-2)10(7-13)11(15-8-12)16-5-3-4-6-16/h7,13H,2-6,8H2,1H3/b10-9-,13-7?,15-11?. The molecule has 0 bridgehead atoms. The molecule has 0 aromatic heterocycles. The van der Waals surface area contributed by atoms with E-state index in [0.29, 0.717) is 11.3 Å². The number of likely N-dealkylation sites (tertiary alicyclic amines) is 1. The van der Waals surface area contributed by atoms with Crippen molar-refractivity contribution in [3.63, 3.8) is 0 Å². The molecule has 1 rings (SSSR count). The van der Waals surface area contributed by atoms with Gasteiger partial charge in [0.2, 0.25) is 0 Å². The molecule has 16 heavy (non-hydrogen) atoms. The average Bonchev–Trinajstić information content (AvgIpc) is 2.81. The van der Waals surface area contributed by atoms with E-state index in [0.717, 1.165) is 31.8 Å². The summed E-state index contributed by atoms with van der Waals surface area (Å²) in [5.74, 6) is 0.771. The largest absolute Gasteiger partial charge is 0.356 e. The van der Waals surface area contributed by atoms with Gasteiger partial charge in [0.25, 0.3) is 0 Å². The molecular formula is C11H17ClN4. The predicted octanol–water partition coefficient (Wildman–Crippen LogP) is 2.30. The molecule has 1 N–H and O–H groups in total. The van der Waals surface area contributed by atoms with Gasteiger partial charge in [-0.2, -0.15) is 0 Å². The molecule has 0 spiro atoms. The molecule has 0 atom stereocenters. The highest BCUT2D eigenvalue weighted by Crippen LogP contribution is 2.15. The summed E-state index contributed by atoms with van der Waals surface area (Å²) in [5, 5.41) is 7.45. The van der Waals surface area contributed by atoms with Crippen LogP contribution in [0.1, 0.15) is 19.8 Å². The zero-order chi connectivity index (χ0) is 12.0. The van der Waals surface area contributed by atoms with Crippen molar-refractivity contribution in [3.8, 4) is 0 Å². The van der Waals surface area contributed by atoms with Gasteiger partial charge in [0.15, 0.2) is 0 Å². The molecule has 5 heteroatoms. The molecule has 0 unspecified atom stereocenters. The van der Waals surface area contributed by atoms with Crippen molar-refractivity contribution in [2.75, 3.05) is 19.1 Å². The van der Waals surface area contributed by atoms with Crippen LogP contribution in [0.4, 0.5) is 0 Å². The summed E-state index contributed by atoms with van der Waals surface area (Å²) in [6.45, 7) is 7.25. The SMILES string of the molecule is C=N/C(C)=C(/C=N)C(=NCCl)N1CCCC1. The Balaban J connectivity index is 3.04. The first kappa shape index (κ1) is 12.9. The van der Waals surface area contributed by atoms with Gasteiger partial charge in [-0.05, 0) is 26.5 Å². The fraction of sp³-hybridized carbons (Fsp3) is 0.545. The highest BCUT2D eigenvalue weighted by atomic mass is 35.5. The van der Waals surface area contributed by atoms with Gasteiger partial charge in [0, 0.05) is 25.0 Å². The molecule has 1 saturated heterocycles. The second-order valence-corrected chi connectivity index (χ2v) is 3.84. The number of amidine groups is 1. The zero-order valence-corrected chi connectivity index (χ0v) is 10.3. The van der Waals surface area contributed by atoms with Gasteiger partial charge in [-0.1, -0.05) is 0 Å². The second kappa shape index (κ2) is 6.43. The number of nitrogens with one attached hydrogen (secondary N) is 1. The Morgan fingerprint density at radius 2 is 2.12 bits per heavy atom. The van der Waals surface area contributed by atoms with Gasteiger partial charge in [-0.25, -0.2) is 0 Å². The lowest BCUT2D eigenvalue weighted by atomic mass is 10.2. The normalized spacial score (nSPS) is 18.4. The number of alkyl halides is 1. The van der Waals surface area contributed by atoms with Crippen LogP contribution in [-0.2, 0) is 0 Å². The van der Waals surface area contributed by atoms with Gasteiger partial charge in [0.1, 0.15) is 11.8 Å². The molecule has 0 amide bonds. The molecule has 1 aliphatic heterocycles. The lowest BCUT2D eigenvalue weighted by Crippen LogP contribution is -2.30. The molecular weight excluding hydrogens is 224 g/mol. The monoisotopic (exact) mass is 240 g/mol.